The van der Waals surface area contributed by atoms with Crippen LogP contribution in [0.3, 0.4) is 0 Å². The summed E-state index contributed by atoms with van der Waals surface area (Å²) in [5.74, 6) is 0.875. The number of hydrogen-bond donors (Lipinski definition) is 1. The zero-order valence-corrected chi connectivity index (χ0v) is 12.7. The van der Waals surface area contributed by atoms with Gasteiger partial charge in [0.05, 0.1) is 6.61 Å². The predicted octanol–water partition coefficient (Wildman–Crippen LogP) is 3.38. The number of benzene rings is 1. The molecule has 0 bridgehead atoms. The molecule has 0 fully saturated rings. The van der Waals surface area contributed by atoms with E-state index in [2.05, 4.69) is 26.1 Å². The second-order valence-electron chi connectivity index (χ2n) is 5.28. The fraction of sp³-hybridized carbons (Fsp3) is 0.625. The lowest BCUT2D eigenvalue weighted by Gasteiger charge is -2.11. The monoisotopic (exact) mass is 283 g/mol. The number of hydrogen-bond acceptors (Lipinski definition) is 3. The van der Waals surface area contributed by atoms with E-state index in [-0.39, 0.29) is 5.82 Å². The summed E-state index contributed by atoms with van der Waals surface area (Å²) in [5.41, 5.74) is 0.898. The topological polar surface area (TPSA) is 30.5 Å². The molecule has 1 rings (SSSR count). The molecule has 0 saturated carbocycles. The maximum Gasteiger partial charge on any atom is 0.127 e. The van der Waals surface area contributed by atoms with Crippen molar-refractivity contribution >= 4 is 0 Å². The Hall–Kier alpha value is -1.13. The van der Waals surface area contributed by atoms with Gasteiger partial charge in [-0.1, -0.05) is 20.8 Å². The molecule has 0 heterocycles. The first-order valence-corrected chi connectivity index (χ1v) is 7.32. The van der Waals surface area contributed by atoms with Gasteiger partial charge in [-0.2, -0.15) is 0 Å². The molecule has 0 aliphatic carbocycles. The molecular formula is C16H26FNO2. The van der Waals surface area contributed by atoms with Crippen LogP contribution in [0.5, 0.6) is 5.75 Å². The summed E-state index contributed by atoms with van der Waals surface area (Å²) in [4.78, 5) is 0. The Morgan fingerprint density at radius 1 is 1.15 bits per heavy atom. The van der Waals surface area contributed by atoms with E-state index >= 15 is 0 Å². The van der Waals surface area contributed by atoms with E-state index in [1.54, 1.807) is 0 Å². The van der Waals surface area contributed by atoms with Gasteiger partial charge >= 0.3 is 0 Å². The smallest absolute Gasteiger partial charge is 0.127 e. The van der Waals surface area contributed by atoms with Crippen molar-refractivity contribution in [1.82, 2.24) is 5.32 Å². The van der Waals surface area contributed by atoms with E-state index in [0.717, 1.165) is 25.1 Å². The van der Waals surface area contributed by atoms with Crippen LogP contribution >= 0.6 is 0 Å². The molecule has 1 N–H and O–H groups in total. The van der Waals surface area contributed by atoms with Crippen LogP contribution in [-0.2, 0) is 11.3 Å². The van der Waals surface area contributed by atoms with Gasteiger partial charge in [-0.15, -0.1) is 0 Å². The van der Waals surface area contributed by atoms with Gasteiger partial charge in [-0.05, 0) is 36.6 Å². The van der Waals surface area contributed by atoms with Gasteiger partial charge in [0, 0.05) is 19.2 Å². The lowest BCUT2D eigenvalue weighted by Crippen LogP contribution is -2.19. The Morgan fingerprint density at radius 2 is 1.95 bits per heavy atom. The summed E-state index contributed by atoms with van der Waals surface area (Å²) < 4.78 is 24.3. The molecule has 0 aromatic heterocycles. The first-order chi connectivity index (χ1) is 9.61. The molecule has 0 aliphatic heterocycles. The molecule has 114 valence electrons. The Bertz CT molecular complexity index is 383. The first-order valence-electron chi connectivity index (χ1n) is 7.32. The summed E-state index contributed by atoms with van der Waals surface area (Å²) >= 11 is 0. The average molecular weight is 283 g/mol. The third kappa shape index (κ3) is 7.46. The third-order valence-corrected chi connectivity index (χ3v) is 2.66. The normalized spacial score (nSPS) is 11.1. The van der Waals surface area contributed by atoms with Gasteiger partial charge in [0.25, 0.3) is 0 Å². The highest BCUT2D eigenvalue weighted by atomic mass is 19.1. The molecule has 4 heteroatoms. The summed E-state index contributed by atoms with van der Waals surface area (Å²) in [5, 5.41) is 3.29. The Labute approximate surface area is 121 Å². The fourth-order valence-electron chi connectivity index (χ4n) is 1.78. The van der Waals surface area contributed by atoms with Crippen LogP contribution in [0.4, 0.5) is 4.39 Å². The molecule has 0 radical (unpaired) electrons. The molecular weight excluding hydrogens is 257 g/mol. The molecule has 1 aromatic carbocycles. The standard InChI is InChI=1S/C16H26FNO2/c1-4-5-19-6-7-20-16-9-14(8-15(17)10-16)12-18-11-13(2)3/h8-10,13,18H,4-7,11-12H2,1-3H3. The quantitative estimate of drug-likeness (QED) is 0.668. The molecule has 3 nitrogen and oxygen atoms in total. The lowest BCUT2D eigenvalue weighted by atomic mass is 10.2. The molecule has 0 amide bonds. The van der Waals surface area contributed by atoms with Crippen molar-refractivity contribution in [2.24, 2.45) is 5.92 Å². The van der Waals surface area contributed by atoms with Crippen molar-refractivity contribution in [1.29, 1.82) is 0 Å². The van der Waals surface area contributed by atoms with Crippen molar-refractivity contribution in [2.45, 2.75) is 33.7 Å². The lowest BCUT2D eigenvalue weighted by molar-refractivity contribution is 0.100. The van der Waals surface area contributed by atoms with Gasteiger partial charge in [-0.25, -0.2) is 4.39 Å². The summed E-state index contributed by atoms with van der Waals surface area (Å²) in [6.45, 7) is 9.62. The van der Waals surface area contributed by atoms with Crippen LogP contribution in [0.2, 0.25) is 0 Å². The Balaban J connectivity index is 2.40. The van der Waals surface area contributed by atoms with Crippen LogP contribution in [0, 0.1) is 11.7 Å². The van der Waals surface area contributed by atoms with Crippen molar-refractivity contribution in [2.75, 3.05) is 26.4 Å². The number of nitrogens with one attached hydrogen (secondary N) is 1. The molecule has 20 heavy (non-hydrogen) atoms. The van der Waals surface area contributed by atoms with Crippen LogP contribution in [0.1, 0.15) is 32.8 Å². The number of ether oxygens (including phenoxy) is 2. The highest BCUT2D eigenvalue weighted by Gasteiger charge is 2.03. The number of halogens is 1. The molecule has 0 saturated heterocycles. The van der Waals surface area contributed by atoms with Crippen molar-refractivity contribution in [3.8, 4) is 5.75 Å². The van der Waals surface area contributed by atoms with Gasteiger partial charge in [0.15, 0.2) is 0 Å². The van der Waals surface area contributed by atoms with Crippen LogP contribution in [-0.4, -0.2) is 26.4 Å². The number of rotatable bonds is 10. The Kier molecular flexibility index (Phi) is 8.23. The van der Waals surface area contributed by atoms with Gasteiger partial charge in [0.2, 0.25) is 0 Å². The average Bonchev–Trinajstić information content (AvgIpc) is 2.37. The van der Waals surface area contributed by atoms with E-state index in [1.165, 1.54) is 12.1 Å². The summed E-state index contributed by atoms with van der Waals surface area (Å²) in [7, 11) is 0. The minimum atomic E-state index is -0.265. The van der Waals surface area contributed by atoms with Crippen LogP contribution < -0.4 is 10.1 Å². The van der Waals surface area contributed by atoms with E-state index in [4.69, 9.17) is 9.47 Å². The molecule has 0 unspecified atom stereocenters. The van der Waals surface area contributed by atoms with Gasteiger partial charge in [0.1, 0.15) is 18.2 Å². The van der Waals surface area contributed by atoms with Gasteiger partial charge in [-0.3, -0.25) is 0 Å². The van der Waals surface area contributed by atoms with Crippen LogP contribution in [0.15, 0.2) is 18.2 Å². The van der Waals surface area contributed by atoms with Crippen molar-refractivity contribution in [3.05, 3.63) is 29.6 Å². The maximum absolute atomic E-state index is 13.5. The predicted molar refractivity (Wildman–Crippen MR) is 79.5 cm³/mol. The van der Waals surface area contributed by atoms with E-state index < -0.39 is 0 Å². The second-order valence-corrected chi connectivity index (χ2v) is 5.28. The second kappa shape index (κ2) is 9.72. The minimum absolute atomic E-state index is 0.265. The minimum Gasteiger partial charge on any atom is -0.491 e. The summed E-state index contributed by atoms with van der Waals surface area (Å²) in [6, 6.07) is 4.82. The fourth-order valence-corrected chi connectivity index (χ4v) is 1.78. The van der Waals surface area contributed by atoms with E-state index in [9.17, 15) is 4.39 Å². The van der Waals surface area contributed by atoms with E-state index in [0.29, 0.717) is 31.4 Å². The van der Waals surface area contributed by atoms with Crippen LogP contribution in [0.25, 0.3) is 0 Å². The highest BCUT2D eigenvalue weighted by molar-refractivity contribution is 5.29. The molecule has 1 aromatic rings. The molecule has 0 aliphatic rings. The molecule has 0 spiro atoms. The SMILES string of the molecule is CCCOCCOc1cc(F)cc(CNCC(C)C)c1. The Morgan fingerprint density at radius 3 is 2.65 bits per heavy atom. The zero-order chi connectivity index (χ0) is 14.8. The van der Waals surface area contributed by atoms with E-state index in [1.807, 2.05) is 6.07 Å². The summed E-state index contributed by atoms with van der Waals surface area (Å²) in [6.07, 6.45) is 0.992. The van der Waals surface area contributed by atoms with Crippen molar-refractivity contribution in [3.63, 3.8) is 0 Å². The van der Waals surface area contributed by atoms with Gasteiger partial charge < -0.3 is 14.8 Å². The third-order valence-electron chi connectivity index (χ3n) is 2.66. The van der Waals surface area contributed by atoms with Crippen molar-refractivity contribution < 1.29 is 13.9 Å². The highest BCUT2D eigenvalue weighted by Crippen LogP contribution is 2.16. The first kappa shape index (κ1) is 16.9. The maximum atomic E-state index is 13.5. The zero-order valence-electron chi connectivity index (χ0n) is 12.7. The molecule has 0 atom stereocenters. The largest absolute Gasteiger partial charge is 0.491 e.